The average molecular weight is 271 g/mol. The second kappa shape index (κ2) is 7.00. The highest BCUT2D eigenvalue weighted by molar-refractivity contribution is 7.99. The molecule has 1 aromatic rings. The summed E-state index contributed by atoms with van der Waals surface area (Å²) in [5.74, 6) is -2.26. The smallest absolute Gasteiger partial charge is 0.312 e. The number of carboxylic acid groups (broad SMARTS) is 1. The Balaban J connectivity index is 2.69. The van der Waals surface area contributed by atoms with Crippen molar-refractivity contribution >= 4 is 23.6 Å². The van der Waals surface area contributed by atoms with Crippen LogP contribution >= 0.6 is 11.8 Å². The number of aliphatic carboxylic acids is 1. The number of amides is 1. The van der Waals surface area contributed by atoms with Gasteiger partial charge in [0.15, 0.2) is 0 Å². The fourth-order valence-corrected chi connectivity index (χ4v) is 1.81. The van der Waals surface area contributed by atoms with E-state index in [-0.39, 0.29) is 18.2 Å². The van der Waals surface area contributed by atoms with Crippen LogP contribution in [0.3, 0.4) is 0 Å². The van der Waals surface area contributed by atoms with E-state index in [1.54, 1.807) is 6.26 Å². The molecule has 0 saturated heterocycles. The molecule has 0 heterocycles. The molecule has 6 heteroatoms. The van der Waals surface area contributed by atoms with E-state index in [2.05, 4.69) is 5.32 Å². The van der Waals surface area contributed by atoms with Crippen molar-refractivity contribution in [1.29, 1.82) is 0 Å². The molecule has 0 aliphatic heterocycles. The van der Waals surface area contributed by atoms with Gasteiger partial charge >= 0.3 is 5.97 Å². The Kier molecular flexibility index (Phi) is 5.64. The van der Waals surface area contributed by atoms with Gasteiger partial charge in [0.1, 0.15) is 5.82 Å². The van der Waals surface area contributed by atoms with Crippen molar-refractivity contribution in [3.63, 3.8) is 0 Å². The Labute approximate surface area is 109 Å². The van der Waals surface area contributed by atoms with Crippen molar-refractivity contribution in [1.82, 2.24) is 5.32 Å². The standard InChI is InChI=1S/C12H14FNO3S/c1-18-7-11(15)14-6-10(12(16)17)8-2-4-9(13)5-3-8/h2-5,10H,6-7H2,1H3,(H,14,15)(H,16,17). The highest BCUT2D eigenvalue weighted by atomic mass is 32.2. The first-order valence-corrected chi connectivity index (χ1v) is 6.68. The molecule has 0 spiro atoms. The van der Waals surface area contributed by atoms with Gasteiger partial charge in [-0.1, -0.05) is 12.1 Å². The zero-order chi connectivity index (χ0) is 13.5. The molecule has 1 amide bonds. The van der Waals surface area contributed by atoms with Crippen LogP contribution in [0.5, 0.6) is 0 Å². The molecule has 4 nitrogen and oxygen atoms in total. The van der Waals surface area contributed by atoms with E-state index in [4.69, 9.17) is 5.11 Å². The molecule has 18 heavy (non-hydrogen) atoms. The second-order valence-corrected chi connectivity index (χ2v) is 4.55. The highest BCUT2D eigenvalue weighted by Gasteiger charge is 2.20. The predicted molar refractivity (Wildman–Crippen MR) is 68.2 cm³/mol. The number of carboxylic acids is 1. The zero-order valence-electron chi connectivity index (χ0n) is 9.85. The van der Waals surface area contributed by atoms with Crippen molar-refractivity contribution in [2.75, 3.05) is 18.6 Å². The van der Waals surface area contributed by atoms with Gasteiger partial charge < -0.3 is 10.4 Å². The lowest BCUT2D eigenvalue weighted by atomic mass is 9.99. The lowest BCUT2D eigenvalue weighted by molar-refractivity contribution is -0.138. The fraction of sp³-hybridized carbons (Fsp3) is 0.333. The number of thioether (sulfide) groups is 1. The van der Waals surface area contributed by atoms with Crippen LogP contribution in [0, 0.1) is 5.82 Å². The first-order valence-electron chi connectivity index (χ1n) is 5.28. The fourth-order valence-electron chi connectivity index (χ4n) is 1.44. The first-order chi connectivity index (χ1) is 8.54. The maximum absolute atomic E-state index is 12.7. The first kappa shape index (κ1) is 14.5. The van der Waals surface area contributed by atoms with Crippen molar-refractivity contribution < 1.29 is 19.1 Å². The van der Waals surface area contributed by atoms with Gasteiger partial charge in [0.05, 0.1) is 11.7 Å². The summed E-state index contributed by atoms with van der Waals surface area (Å²) in [5.41, 5.74) is 0.466. The van der Waals surface area contributed by atoms with Crippen molar-refractivity contribution in [2.24, 2.45) is 0 Å². The maximum Gasteiger partial charge on any atom is 0.312 e. The van der Waals surface area contributed by atoms with Crippen LogP contribution in [-0.2, 0) is 9.59 Å². The van der Waals surface area contributed by atoms with Gasteiger partial charge in [-0.3, -0.25) is 9.59 Å². The molecule has 0 aliphatic carbocycles. The van der Waals surface area contributed by atoms with Gasteiger partial charge in [-0.2, -0.15) is 11.8 Å². The van der Waals surface area contributed by atoms with Crippen LogP contribution in [0.1, 0.15) is 11.5 Å². The largest absolute Gasteiger partial charge is 0.481 e. The molecule has 1 unspecified atom stereocenters. The Morgan fingerprint density at radius 1 is 1.39 bits per heavy atom. The third-order valence-electron chi connectivity index (χ3n) is 2.35. The Bertz CT molecular complexity index is 422. The minimum absolute atomic E-state index is 0.000356. The summed E-state index contributed by atoms with van der Waals surface area (Å²) < 4.78 is 12.7. The Morgan fingerprint density at radius 2 is 2.00 bits per heavy atom. The van der Waals surface area contributed by atoms with Crippen LogP contribution in [0.15, 0.2) is 24.3 Å². The number of nitrogens with one attached hydrogen (secondary N) is 1. The van der Waals surface area contributed by atoms with E-state index in [0.717, 1.165) is 0 Å². The Morgan fingerprint density at radius 3 is 2.50 bits per heavy atom. The summed E-state index contributed by atoms with van der Waals surface area (Å²) in [5, 5.41) is 11.6. The molecule has 1 rings (SSSR count). The molecule has 0 bridgehead atoms. The van der Waals surface area contributed by atoms with Gasteiger partial charge in [-0.25, -0.2) is 4.39 Å². The van der Waals surface area contributed by atoms with Gasteiger partial charge in [0.25, 0.3) is 0 Å². The number of halogens is 1. The maximum atomic E-state index is 12.7. The monoisotopic (exact) mass is 271 g/mol. The number of carbonyl (C=O) groups excluding carboxylic acids is 1. The summed E-state index contributed by atoms with van der Waals surface area (Å²) in [6.45, 7) is 0.000356. The average Bonchev–Trinajstić information content (AvgIpc) is 2.31. The summed E-state index contributed by atoms with van der Waals surface area (Å²) in [6, 6.07) is 5.23. The minimum atomic E-state index is -1.05. The summed E-state index contributed by atoms with van der Waals surface area (Å²) in [4.78, 5) is 22.4. The van der Waals surface area contributed by atoms with Gasteiger partial charge in [0, 0.05) is 6.54 Å². The van der Waals surface area contributed by atoms with Crippen molar-refractivity contribution in [3.8, 4) is 0 Å². The molecule has 0 radical (unpaired) electrons. The van der Waals surface area contributed by atoms with Crippen molar-refractivity contribution in [2.45, 2.75) is 5.92 Å². The molecule has 0 fully saturated rings. The van der Waals surface area contributed by atoms with Crippen LogP contribution in [-0.4, -0.2) is 35.5 Å². The lowest BCUT2D eigenvalue weighted by Crippen LogP contribution is -2.32. The minimum Gasteiger partial charge on any atom is -0.481 e. The topological polar surface area (TPSA) is 66.4 Å². The quantitative estimate of drug-likeness (QED) is 0.822. The van der Waals surface area contributed by atoms with E-state index >= 15 is 0 Å². The number of rotatable bonds is 6. The normalized spacial score (nSPS) is 11.9. The van der Waals surface area contributed by atoms with Crippen LogP contribution in [0.25, 0.3) is 0 Å². The van der Waals surface area contributed by atoms with Gasteiger partial charge in [-0.15, -0.1) is 0 Å². The molecular formula is C12H14FNO3S. The summed E-state index contributed by atoms with van der Waals surface area (Å²) in [6.07, 6.45) is 1.79. The molecule has 0 aliphatic rings. The van der Waals surface area contributed by atoms with Crippen LogP contribution in [0.4, 0.5) is 4.39 Å². The lowest BCUT2D eigenvalue weighted by Gasteiger charge is -2.13. The van der Waals surface area contributed by atoms with E-state index in [0.29, 0.717) is 5.56 Å². The molecule has 2 N–H and O–H groups in total. The predicted octanol–water partition coefficient (Wildman–Crippen LogP) is 1.47. The van der Waals surface area contributed by atoms with Gasteiger partial charge in [0.2, 0.25) is 5.91 Å². The van der Waals surface area contributed by atoms with Crippen molar-refractivity contribution in [3.05, 3.63) is 35.6 Å². The van der Waals surface area contributed by atoms with E-state index in [1.165, 1.54) is 36.0 Å². The molecule has 1 atom stereocenters. The van der Waals surface area contributed by atoms with Crippen LogP contribution in [0.2, 0.25) is 0 Å². The molecule has 1 aromatic carbocycles. The van der Waals surface area contributed by atoms with E-state index in [1.807, 2.05) is 0 Å². The van der Waals surface area contributed by atoms with Crippen LogP contribution < -0.4 is 5.32 Å². The van der Waals surface area contributed by atoms with Gasteiger partial charge in [-0.05, 0) is 24.0 Å². The number of carbonyl (C=O) groups is 2. The number of benzene rings is 1. The summed E-state index contributed by atoms with van der Waals surface area (Å²) in [7, 11) is 0. The van der Waals surface area contributed by atoms with E-state index < -0.39 is 17.7 Å². The second-order valence-electron chi connectivity index (χ2n) is 3.68. The highest BCUT2D eigenvalue weighted by Crippen LogP contribution is 2.16. The third kappa shape index (κ3) is 4.37. The molecule has 98 valence electrons. The molecular weight excluding hydrogens is 257 g/mol. The molecule has 0 saturated carbocycles. The zero-order valence-corrected chi connectivity index (χ0v) is 10.7. The number of hydrogen-bond acceptors (Lipinski definition) is 3. The Hall–Kier alpha value is -1.56. The SMILES string of the molecule is CSCC(=O)NCC(C(=O)O)c1ccc(F)cc1. The third-order valence-corrected chi connectivity index (χ3v) is 2.90. The van der Waals surface area contributed by atoms with E-state index in [9.17, 15) is 14.0 Å². The summed E-state index contributed by atoms with van der Waals surface area (Å²) >= 11 is 1.36. The molecule has 0 aromatic heterocycles. The number of hydrogen-bond donors (Lipinski definition) is 2.